The highest BCUT2D eigenvalue weighted by atomic mass is 32.1. The third-order valence-electron chi connectivity index (χ3n) is 8.14. The number of methoxy groups -OCH3 is 2. The average Bonchev–Trinajstić information content (AvgIpc) is 3.01. The molecule has 6 amide bonds. The topological polar surface area (TPSA) is 151 Å². The first-order valence-electron chi connectivity index (χ1n) is 14.7. The molecule has 2 atom stereocenters. The first-order chi connectivity index (χ1) is 21.0. The van der Waals surface area contributed by atoms with E-state index in [1.807, 2.05) is 6.92 Å². The number of ether oxygens (including phenoxy) is 2. The summed E-state index contributed by atoms with van der Waals surface area (Å²) in [4.78, 5) is 81.5. The number of imide groups is 2. The predicted octanol–water partition coefficient (Wildman–Crippen LogP) is 2.82. The summed E-state index contributed by atoms with van der Waals surface area (Å²) in [5, 5.41) is 5.44. The van der Waals surface area contributed by atoms with E-state index in [0.717, 1.165) is 30.6 Å². The molecule has 4 rings (SSSR count). The van der Waals surface area contributed by atoms with E-state index in [1.165, 1.54) is 38.2 Å². The fourth-order valence-corrected chi connectivity index (χ4v) is 6.07. The summed E-state index contributed by atoms with van der Waals surface area (Å²) in [5.41, 5.74) is 0.368. The molecule has 13 heteroatoms. The molecule has 0 fully saturated rings. The van der Waals surface area contributed by atoms with Crippen LogP contribution >= 0.6 is 12.6 Å². The molecule has 2 aliphatic rings. The smallest absolute Gasteiger partial charge is 0.265 e. The summed E-state index contributed by atoms with van der Waals surface area (Å²) < 4.78 is 11.2. The van der Waals surface area contributed by atoms with E-state index < -0.39 is 41.5 Å². The molecule has 2 aromatic rings. The normalized spacial score (nSPS) is 15.4. The Morgan fingerprint density at radius 3 is 1.91 bits per heavy atom. The molecular formula is C31H38N4O8S. The highest BCUT2D eigenvalue weighted by Crippen LogP contribution is 2.45. The van der Waals surface area contributed by atoms with Crippen LogP contribution in [0, 0.1) is 5.92 Å². The number of unbranched alkanes of at least 4 members (excludes halogenated alkanes) is 1. The second-order valence-corrected chi connectivity index (χ2v) is 11.2. The minimum atomic E-state index is -0.890. The van der Waals surface area contributed by atoms with E-state index in [2.05, 4.69) is 30.2 Å². The van der Waals surface area contributed by atoms with Crippen molar-refractivity contribution in [1.82, 2.24) is 20.4 Å². The van der Waals surface area contributed by atoms with Crippen LogP contribution in [0.1, 0.15) is 87.9 Å². The summed E-state index contributed by atoms with van der Waals surface area (Å²) in [6, 6.07) is 1.97. The van der Waals surface area contributed by atoms with Crippen LogP contribution in [-0.2, 0) is 9.59 Å². The lowest BCUT2D eigenvalue weighted by atomic mass is 9.84. The Morgan fingerprint density at radius 2 is 1.43 bits per heavy atom. The maximum absolute atomic E-state index is 13.9. The van der Waals surface area contributed by atoms with Gasteiger partial charge in [-0.05, 0) is 24.5 Å². The van der Waals surface area contributed by atoms with E-state index >= 15 is 0 Å². The fraction of sp³-hybridized carbons (Fsp3) is 0.484. The number of nitrogens with zero attached hydrogens (tertiary/aromatic N) is 2. The minimum absolute atomic E-state index is 0.0333. The van der Waals surface area contributed by atoms with Crippen molar-refractivity contribution in [2.75, 3.05) is 39.6 Å². The van der Waals surface area contributed by atoms with Gasteiger partial charge in [0.25, 0.3) is 23.6 Å². The van der Waals surface area contributed by atoms with Crippen LogP contribution in [0.4, 0.5) is 0 Å². The van der Waals surface area contributed by atoms with Crippen LogP contribution in [0.15, 0.2) is 12.1 Å². The maximum atomic E-state index is 13.9. The lowest BCUT2D eigenvalue weighted by Crippen LogP contribution is -2.50. The number of thiol groups is 1. The molecule has 2 aromatic carbocycles. The van der Waals surface area contributed by atoms with E-state index in [1.54, 1.807) is 0 Å². The van der Waals surface area contributed by atoms with Crippen LogP contribution in [0.3, 0.4) is 0 Å². The quantitative estimate of drug-likeness (QED) is 0.214. The van der Waals surface area contributed by atoms with Gasteiger partial charge in [-0.2, -0.15) is 12.6 Å². The van der Waals surface area contributed by atoms with E-state index in [-0.39, 0.29) is 75.8 Å². The Balaban J connectivity index is 1.75. The molecule has 44 heavy (non-hydrogen) atoms. The van der Waals surface area contributed by atoms with E-state index in [9.17, 15) is 28.8 Å². The van der Waals surface area contributed by atoms with Crippen molar-refractivity contribution in [2.45, 2.75) is 52.5 Å². The molecule has 0 aromatic heterocycles. The predicted molar refractivity (Wildman–Crippen MR) is 166 cm³/mol. The van der Waals surface area contributed by atoms with Crippen molar-refractivity contribution in [1.29, 1.82) is 0 Å². The van der Waals surface area contributed by atoms with Gasteiger partial charge in [0.05, 0.1) is 36.5 Å². The minimum Gasteiger partial charge on any atom is -0.496 e. The Hall–Kier alpha value is -4.13. The zero-order valence-corrected chi connectivity index (χ0v) is 26.5. The van der Waals surface area contributed by atoms with Gasteiger partial charge in [-0.25, -0.2) is 0 Å². The van der Waals surface area contributed by atoms with Crippen LogP contribution in [0.5, 0.6) is 11.5 Å². The van der Waals surface area contributed by atoms with E-state index in [0.29, 0.717) is 0 Å². The third kappa shape index (κ3) is 5.84. The molecule has 0 bridgehead atoms. The van der Waals surface area contributed by atoms with E-state index in [4.69, 9.17) is 9.47 Å². The zero-order valence-electron chi connectivity index (χ0n) is 25.6. The van der Waals surface area contributed by atoms with Gasteiger partial charge in [-0.3, -0.25) is 38.6 Å². The Kier molecular flexibility index (Phi) is 10.2. The number of rotatable bonds is 14. The molecular weight excluding hydrogens is 588 g/mol. The monoisotopic (exact) mass is 626 g/mol. The highest BCUT2D eigenvalue weighted by molar-refractivity contribution is 7.80. The van der Waals surface area contributed by atoms with Crippen molar-refractivity contribution >= 4 is 58.8 Å². The van der Waals surface area contributed by atoms with Crippen molar-refractivity contribution in [3.05, 3.63) is 34.4 Å². The van der Waals surface area contributed by atoms with Crippen molar-refractivity contribution < 1.29 is 38.2 Å². The summed E-state index contributed by atoms with van der Waals surface area (Å²) >= 11 is 4.09. The van der Waals surface area contributed by atoms with Gasteiger partial charge in [0.2, 0.25) is 11.8 Å². The number of carbonyl (C=O) groups excluding carboxylic acids is 6. The molecule has 0 saturated carbocycles. The Bertz CT molecular complexity index is 1540. The number of benzene rings is 2. The van der Waals surface area contributed by atoms with Gasteiger partial charge in [-0.15, -0.1) is 0 Å². The van der Waals surface area contributed by atoms with Gasteiger partial charge >= 0.3 is 0 Å². The fourth-order valence-electron chi connectivity index (χ4n) is 5.81. The number of amides is 6. The first kappa shape index (κ1) is 32.8. The van der Waals surface area contributed by atoms with Gasteiger partial charge in [-0.1, -0.05) is 33.1 Å². The molecule has 0 saturated heterocycles. The van der Waals surface area contributed by atoms with Crippen molar-refractivity contribution in [2.24, 2.45) is 5.92 Å². The molecule has 0 radical (unpaired) electrons. The van der Waals surface area contributed by atoms with Crippen LogP contribution < -0.4 is 20.1 Å². The Morgan fingerprint density at radius 1 is 0.886 bits per heavy atom. The summed E-state index contributed by atoms with van der Waals surface area (Å²) in [6.45, 7) is 5.33. The number of nitrogens with one attached hydrogen (secondary N) is 2. The van der Waals surface area contributed by atoms with Crippen molar-refractivity contribution in [3.63, 3.8) is 0 Å². The summed E-state index contributed by atoms with van der Waals surface area (Å²) in [5.74, 6) is -3.01. The van der Waals surface area contributed by atoms with Gasteiger partial charge in [0.1, 0.15) is 17.5 Å². The number of hydrogen-bond donors (Lipinski definition) is 3. The number of hydrogen-bond acceptors (Lipinski definition) is 9. The highest BCUT2D eigenvalue weighted by Gasteiger charge is 2.43. The van der Waals surface area contributed by atoms with Crippen LogP contribution in [0.2, 0.25) is 0 Å². The number of carbonyl (C=O) groups is 6. The second-order valence-electron chi connectivity index (χ2n) is 10.9. The molecule has 2 heterocycles. The molecule has 0 aliphatic carbocycles. The van der Waals surface area contributed by atoms with Crippen molar-refractivity contribution in [3.8, 4) is 11.5 Å². The molecule has 0 spiro atoms. The second kappa shape index (κ2) is 13.7. The Labute approximate surface area is 261 Å². The van der Waals surface area contributed by atoms with Gasteiger partial charge in [0, 0.05) is 43.1 Å². The lowest BCUT2D eigenvalue weighted by molar-refractivity contribution is -0.127. The first-order valence-corrected chi connectivity index (χ1v) is 15.3. The molecule has 1 unspecified atom stereocenters. The summed E-state index contributed by atoms with van der Waals surface area (Å²) in [6.07, 6.45) is 3.63. The van der Waals surface area contributed by atoms with Gasteiger partial charge < -0.3 is 20.1 Å². The standard InChI is InChI=1S/C31H38N4O8S/c1-6-8-9-17(7-2)14-35-29(39)19-13-21(42-4)25-23-18(12-22(43-5)26(24(19)23)31(35)41)28(38)34(30(25)40)11-10-32-27(37)20(15-44)33-16(3)36/h12-13,17,20,44H,6-11,14-15H2,1-5H3,(H,32,37)(H,33,36)/t17?,20-/m0/s1. The SMILES string of the molecule is CCCCC(CC)CN1C(=O)c2cc(OC)c3c4c(cc(OC)c(c24)C1=O)C(=O)N(CCNC(=O)[C@H](CS)NC(C)=O)C3=O. The average molecular weight is 627 g/mol. The molecule has 2 aliphatic heterocycles. The third-order valence-corrected chi connectivity index (χ3v) is 8.50. The molecule has 236 valence electrons. The molecule has 2 N–H and O–H groups in total. The van der Waals surface area contributed by atoms with Crippen LogP contribution in [-0.4, -0.2) is 90.9 Å². The molecule has 12 nitrogen and oxygen atoms in total. The van der Waals surface area contributed by atoms with Crippen LogP contribution in [0.25, 0.3) is 10.8 Å². The largest absolute Gasteiger partial charge is 0.496 e. The summed E-state index contributed by atoms with van der Waals surface area (Å²) in [7, 11) is 2.73. The lowest BCUT2D eigenvalue weighted by Gasteiger charge is -2.34. The van der Waals surface area contributed by atoms with Gasteiger partial charge in [0.15, 0.2) is 0 Å². The maximum Gasteiger partial charge on any atom is 0.265 e. The zero-order chi connectivity index (χ0) is 32.3.